The van der Waals surface area contributed by atoms with Crippen molar-refractivity contribution in [1.29, 1.82) is 0 Å². The number of esters is 3. The maximum atomic E-state index is 12.8. The lowest BCUT2D eigenvalue weighted by Gasteiger charge is -2.18. The van der Waals surface area contributed by atoms with Crippen LogP contribution in [-0.4, -0.2) is 37.2 Å². The van der Waals surface area contributed by atoms with E-state index in [2.05, 4.69) is 45.1 Å². The van der Waals surface area contributed by atoms with Crippen molar-refractivity contribution in [1.82, 2.24) is 0 Å². The first kappa shape index (κ1) is 69.9. The van der Waals surface area contributed by atoms with E-state index in [4.69, 9.17) is 14.2 Å². The predicted molar refractivity (Wildman–Crippen MR) is 312 cm³/mol. The van der Waals surface area contributed by atoms with E-state index < -0.39 is 6.10 Å². The Bertz CT molecular complexity index is 1160. The summed E-state index contributed by atoms with van der Waals surface area (Å²) in [5, 5.41) is 0. The summed E-state index contributed by atoms with van der Waals surface area (Å²) in [6, 6.07) is 0. The number of hydrogen-bond donors (Lipinski definition) is 0. The fourth-order valence-corrected chi connectivity index (χ4v) is 9.83. The minimum absolute atomic E-state index is 0.0640. The summed E-state index contributed by atoms with van der Waals surface area (Å²) in [5.74, 6) is -0.845. The molecule has 0 aliphatic rings. The second-order valence-electron chi connectivity index (χ2n) is 22.0. The van der Waals surface area contributed by atoms with Gasteiger partial charge in [0.05, 0.1) is 0 Å². The van der Waals surface area contributed by atoms with Gasteiger partial charge in [0, 0.05) is 19.3 Å². The molecule has 0 amide bonds. The van der Waals surface area contributed by atoms with E-state index in [0.717, 1.165) is 64.2 Å². The van der Waals surface area contributed by atoms with Gasteiger partial charge in [-0.25, -0.2) is 0 Å². The smallest absolute Gasteiger partial charge is 0.306 e. The zero-order valence-electron chi connectivity index (χ0n) is 48.7. The summed E-state index contributed by atoms with van der Waals surface area (Å²) in [5.41, 5.74) is 0. The first-order valence-corrected chi connectivity index (χ1v) is 32.3. The maximum Gasteiger partial charge on any atom is 0.306 e. The molecule has 0 aromatic rings. The molecule has 0 saturated carbocycles. The van der Waals surface area contributed by atoms with Crippen molar-refractivity contribution in [2.45, 2.75) is 367 Å². The van der Waals surface area contributed by atoms with Crippen LogP contribution < -0.4 is 0 Å². The molecule has 0 aromatic heterocycles. The summed E-state index contributed by atoms with van der Waals surface area (Å²) in [6.45, 7) is 6.65. The first-order valence-electron chi connectivity index (χ1n) is 32.3. The van der Waals surface area contributed by atoms with E-state index in [9.17, 15) is 14.4 Å². The highest BCUT2D eigenvalue weighted by atomic mass is 16.6. The third-order valence-corrected chi connectivity index (χ3v) is 14.7. The lowest BCUT2D eigenvalue weighted by atomic mass is 10.0. The van der Waals surface area contributed by atoms with Gasteiger partial charge in [-0.2, -0.15) is 0 Å². The molecule has 0 rings (SSSR count). The molecule has 6 heteroatoms. The molecule has 0 saturated heterocycles. The van der Waals surface area contributed by atoms with Crippen LogP contribution >= 0.6 is 0 Å². The molecule has 1 atom stereocenters. The van der Waals surface area contributed by atoms with Gasteiger partial charge < -0.3 is 14.2 Å². The molecule has 0 radical (unpaired) electrons. The van der Waals surface area contributed by atoms with Gasteiger partial charge >= 0.3 is 17.9 Å². The van der Waals surface area contributed by atoms with E-state index in [0.29, 0.717) is 19.3 Å². The SMILES string of the molecule is CCCCCCC/C=C\C/C=C\CCCCCCCCCCCCCCCCCCCCCCCC(=O)OCC(COC(=O)CCCCCCCCCC)OC(=O)CCCCCCCCCCCCCCC. The van der Waals surface area contributed by atoms with Gasteiger partial charge in [-0.15, -0.1) is 0 Å². The van der Waals surface area contributed by atoms with E-state index in [-0.39, 0.29) is 31.1 Å². The van der Waals surface area contributed by atoms with Crippen molar-refractivity contribution in [2.75, 3.05) is 13.2 Å². The molecule has 0 N–H and O–H groups in total. The molecule has 424 valence electrons. The van der Waals surface area contributed by atoms with Gasteiger partial charge in [-0.3, -0.25) is 14.4 Å². The van der Waals surface area contributed by atoms with Crippen molar-refractivity contribution < 1.29 is 28.6 Å². The highest BCUT2D eigenvalue weighted by Crippen LogP contribution is 2.18. The number of hydrogen-bond acceptors (Lipinski definition) is 6. The fraction of sp³-hybridized carbons (Fsp3) is 0.894. The Hall–Kier alpha value is -2.11. The molecule has 0 aliphatic heterocycles. The highest BCUT2D eigenvalue weighted by molar-refractivity contribution is 5.71. The van der Waals surface area contributed by atoms with Crippen molar-refractivity contribution in [3.05, 3.63) is 24.3 Å². The Balaban J connectivity index is 3.94. The molecule has 6 nitrogen and oxygen atoms in total. The quantitative estimate of drug-likeness (QED) is 0.0261. The first-order chi connectivity index (χ1) is 35.5. The molecule has 0 aliphatic carbocycles. The zero-order valence-corrected chi connectivity index (χ0v) is 48.7. The monoisotopic (exact) mass is 1010 g/mol. The Morgan fingerprint density at radius 2 is 0.500 bits per heavy atom. The van der Waals surface area contributed by atoms with E-state index in [1.165, 1.54) is 257 Å². The summed E-state index contributed by atoms with van der Waals surface area (Å²) in [7, 11) is 0. The normalized spacial score (nSPS) is 12.1. The molecule has 1 unspecified atom stereocenters. The third kappa shape index (κ3) is 58.8. The summed E-state index contributed by atoms with van der Waals surface area (Å²) >= 11 is 0. The van der Waals surface area contributed by atoms with Gasteiger partial charge in [0.2, 0.25) is 0 Å². The van der Waals surface area contributed by atoms with Crippen LogP contribution in [0.25, 0.3) is 0 Å². The Morgan fingerprint density at radius 1 is 0.278 bits per heavy atom. The minimum atomic E-state index is -0.762. The third-order valence-electron chi connectivity index (χ3n) is 14.7. The Labute approximate surface area is 449 Å². The number of rotatable bonds is 60. The average molecular weight is 1010 g/mol. The second kappa shape index (κ2) is 61.4. The molecular formula is C66H124O6. The molecule has 0 fully saturated rings. The lowest BCUT2D eigenvalue weighted by molar-refractivity contribution is -0.167. The molecule has 0 aromatic carbocycles. The van der Waals surface area contributed by atoms with Crippen molar-refractivity contribution in [3.8, 4) is 0 Å². The van der Waals surface area contributed by atoms with Gasteiger partial charge in [0.15, 0.2) is 6.10 Å². The summed E-state index contributed by atoms with van der Waals surface area (Å²) in [4.78, 5) is 38.0. The van der Waals surface area contributed by atoms with Crippen LogP contribution in [0.4, 0.5) is 0 Å². The summed E-state index contributed by atoms with van der Waals surface area (Å²) < 4.78 is 16.8. The number of unbranched alkanes of at least 4 members (excludes halogenated alkanes) is 45. The number of ether oxygens (including phenoxy) is 3. The molecule has 72 heavy (non-hydrogen) atoms. The zero-order chi connectivity index (χ0) is 52.2. The van der Waals surface area contributed by atoms with Crippen molar-refractivity contribution in [3.63, 3.8) is 0 Å². The van der Waals surface area contributed by atoms with Crippen LogP contribution in [-0.2, 0) is 28.6 Å². The molecular weight excluding hydrogens is 889 g/mol. The minimum Gasteiger partial charge on any atom is -0.462 e. The van der Waals surface area contributed by atoms with E-state index in [1.54, 1.807) is 0 Å². The molecule has 0 heterocycles. The highest BCUT2D eigenvalue weighted by Gasteiger charge is 2.19. The van der Waals surface area contributed by atoms with Crippen LogP contribution in [0, 0.1) is 0 Å². The fourth-order valence-electron chi connectivity index (χ4n) is 9.83. The predicted octanol–water partition coefficient (Wildman–Crippen LogP) is 21.8. The maximum absolute atomic E-state index is 12.8. The molecule has 0 spiro atoms. The van der Waals surface area contributed by atoms with Gasteiger partial charge in [-0.05, 0) is 51.4 Å². The van der Waals surface area contributed by atoms with Crippen molar-refractivity contribution >= 4 is 17.9 Å². The Kier molecular flexibility index (Phi) is 59.6. The van der Waals surface area contributed by atoms with E-state index >= 15 is 0 Å². The number of carbonyl (C=O) groups is 3. The van der Waals surface area contributed by atoms with E-state index in [1.807, 2.05) is 0 Å². The Morgan fingerprint density at radius 3 is 0.764 bits per heavy atom. The lowest BCUT2D eigenvalue weighted by Crippen LogP contribution is -2.30. The standard InChI is InChI=1S/C66H124O6/c1-4-7-10-13-16-19-21-23-24-25-26-27-28-29-30-31-32-33-34-35-36-37-38-39-40-41-42-44-45-47-50-53-56-59-65(68)71-62-63(61-70-64(67)58-55-52-49-18-15-12-9-6-3)72-66(69)60-57-54-51-48-46-43-22-20-17-14-11-8-5-2/h21,23,25-26,63H,4-20,22,24,27-62H2,1-3H3/b23-21-,26-25-. The van der Waals surface area contributed by atoms with Crippen molar-refractivity contribution in [2.24, 2.45) is 0 Å². The van der Waals surface area contributed by atoms with Gasteiger partial charge in [0.1, 0.15) is 13.2 Å². The largest absolute Gasteiger partial charge is 0.462 e. The van der Waals surface area contributed by atoms with Crippen LogP contribution in [0.2, 0.25) is 0 Å². The average Bonchev–Trinajstić information content (AvgIpc) is 3.38. The topological polar surface area (TPSA) is 78.9 Å². The number of allylic oxidation sites excluding steroid dienone is 4. The van der Waals surface area contributed by atoms with Crippen LogP contribution in [0.1, 0.15) is 361 Å². The van der Waals surface area contributed by atoms with Crippen LogP contribution in [0.5, 0.6) is 0 Å². The molecule has 0 bridgehead atoms. The summed E-state index contributed by atoms with van der Waals surface area (Å²) in [6.07, 6.45) is 73.7. The van der Waals surface area contributed by atoms with Crippen LogP contribution in [0.15, 0.2) is 24.3 Å². The second-order valence-corrected chi connectivity index (χ2v) is 22.0. The number of carbonyl (C=O) groups excluding carboxylic acids is 3. The van der Waals surface area contributed by atoms with Crippen LogP contribution in [0.3, 0.4) is 0 Å². The van der Waals surface area contributed by atoms with Gasteiger partial charge in [-0.1, -0.05) is 315 Å². The van der Waals surface area contributed by atoms with Gasteiger partial charge in [0.25, 0.3) is 0 Å².